The number of hydrogen-bond acceptors (Lipinski definition) is 2. The topological polar surface area (TPSA) is 49.4 Å². The van der Waals surface area contributed by atoms with E-state index in [4.69, 9.17) is 0 Å². The van der Waals surface area contributed by atoms with Crippen LogP contribution in [0.1, 0.15) is 25.8 Å². The van der Waals surface area contributed by atoms with Gasteiger partial charge < -0.3 is 10.2 Å². The number of carbonyl (C=O) groups is 2. The molecule has 0 atom stereocenters. The predicted molar refractivity (Wildman–Crippen MR) is 72.6 cm³/mol. The molecule has 1 aromatic rings. The van der Waals surface area contributed by atoms with Gasteiger partial charge in [-0.25, -0.2) is 0 Å². The van der Waals surface area contributed by atoms with Crippen molar-refractivity contribution in [2.45, 2.75) is 26.4 Å². The van der Waals surface area contributed by atoms with Crippen molar-refractivity contribution < 1.29 is 22.8 Å². The molecule has 2 amide bonds. The molecule has 116 valence electrons. The Labute approximate surface area is 120 Å². The van der Waals surface area contributed by atoms with Crippen LogP contribution >= 0.6 is 0 Å². The standard InChI is InChI=1S/C14H17F3N2O2/c1-3-8-19(10(2)20)9-13(21)18-12-6-4-11(5-7-12)14(15,16)17/h4-7H,3,8-9H2,1-2H3,(H,18,21). The second kappa shape index (κ2) is 7.10. The highest BCUT2D eigenvalue weighted by Crippen LogP contribution is 2.29. The zero-order chi connectivity index (χ0) is 16.0. The first kappa shape index (κ1) is 17.0. The summed E-state index contributed by atoms with van der Waals surface area (Å²) in [6, 6.07) is 4.14. The molecule has 21 heavy (non-hydrogen) atoms. The molecule has 0 heterocycles. The zero-order valence-electron chi connectivity index (χ0n) is 11.8. The van der Waals surface area contributed by atoms with Gasteiger partial charge in [-0.05, 0) is 30.7 Å². The lowest BCUT2D eigenvalue weighted by atomic mass is 10.2. The van der Waals surface area contributed by atoms with Crippen molar-refractivity contribution in [1.82, 2.24) is 4.90 Å². The van der Waals surface area contributed by atoms with Crippen LogP contribution in [-0.4, -0.2) is 29.8 Å². The SMILES string of the molecule is CCCN(CC(=O)Nc1ccc(C(F)(F)F)cc1)C(C)=O. The van der Waals surface area contributed by atoms with Crippen molar-refractivity contribution in [2.75, 3.05) is 18.4 Å². The van der Waals surface area contributed by atoms with Crippen molar-refractivity contribution in [1.29, 1.82) is 0 Å². The molecule has 0 aromatic heterocycles. The summed E-state index contributed by atoms with van der Waals surface area (Å²) < 4.78 is 37.2. The molecule has 7 heteroatoms. The molecular weight excluding hydrogens is 285 g/mol. The van der Waals surface area contributed by atoms with Gasteiger partial charge in [-0.1, -0.05) is 6.92 Å². The number of nitrogens with zero attached hydrogens (tertiary/aromatic N) is 1. The largest absolute Gasteiger partial charge is 0.416 e. The van der Waals surface area contributed by atoms with Gasteiger partial charge in [0.2, 0.25) is 11.8 Å². The monoisotopic (exact) mass is 302 g/mol. The van der Waals surface area contributed by atoms with Crippen molar-refractivity contribution in [3.63, 3.8) is 0 Å². The third-order valence-electron chi connectivity index (χ3n) is 2.77. The second-order valence-corrected chi connectivity index (χ2v) is 4.56. The van der Waals surface area contributed by atoms with Gasteiger partial charge in [0.05, 0.1) is 12.1 Å². The molecule has 4 nitrogen and oxygen atoms in total. The molecule has 1 N–H and O–H groups in total. The van der Waals surface area contributed by atoms with Crippen molar-refractivity contribution in [3.8, 4) is 0 Å². The van der Waals surface area contributed by atoms with E-state index in [0.717, 1.165) is 12.1 Å². The van der Waals surface area contributed by atoms with E-state index >= 15 is 0 Å². The molecule has 0 fully saturated rings. The molecule has 0 aliphatic rings. The van der Waals surface area contributed by atoms with Gasteiger partial charge in [0.25, 0.3) is 0 Å². The molecule has 0 saturated carbocycles. The summed E-state index contributed by atoms with van der Waals surface area (Å²) in [7, 11) is 0. The lowest BCUT2D eigenvalue weighted by Crippen LogP contribution is -2.37. The Morgan fingerprint density at radius 3 is 2.19 bits per heavy atom. The number of anilines is 1. The van der Waals surface area contributed by atoms with E-state index in [1.807, 2.05) is 6.92 Å². The Balaban J connectivity index is 2.64. The minimum absolute atomic E-state index is 0.121. The summed E-state index contributed by atoms with van der Waals surface area (Å²) in [6.07, 6.45) is -3.69. The van der Waals surface area contributed by atoms with Gasteiger partial charge in [-0.3, -0.25) is 9.59 Å². The lowest BCUT2D eigenvalue weighted by Gasteiger charge is -2.19. The van der Waals surface area contributed by atoms with Gasteiger partial charge in [0.15, 0.2) is 0 Å². The number of nitrogens with one attached hydrogen (secondary N) is 1. The van der Waals surface area contributed by atoms with E-state index in [0.29, 0.717) is 13.0 Å². The van der Waals surface area contributed by atoms with Crippen LogP contribution < -0.4 is 5.32 Å². The second-order valence-electron chi connectivity index (χ2n) is 4.56. The Morgan fingerprint density at radius 2 is 1.76 bits per heavy atom. The fraction of sp³-hybridized carbons (Fsp3) is 0.429. The highest BCUT2D eigenvalue weighted by Gasteiger charge is 2.30. The molecule has 0 radical (unpaired) electrons. The third-order valence-corrected chi connectivity index (χ3v) is 2.77. The minimum atomic E-state index is -4.41. The van der Waals surface area contributed by atoms with Crippen LogP contribution in [0.4, 0.5) is 18.9 Å². The number of hydrogen-bond donors (Lipinski definition) is 1. The van der Waals surface area contributed by atoms with Gasteiger partial charge >= 0.3 is 6.18 Å². The smallest absolute Gasteiger partial charge is 0.334 e. The molecule has 0 spiro atoms. The summed E-state index contributed by atoms with van der Waals surface area (Å²) in [4.78, 5) is 24.4. The number of halogens is 3. The molecule has 1 rings (SSSR count). The van der Waals surface area contributed by atoms with E-state index < -0.39 is 17.6 Å². The summed E-state index contributed by atoms with van der Waals surface area (Å²) in [5.74, 6) is -0.669. The normalized spacial score (nSPS) is 11.1. The van der Waals surface area contributed by atoms with Crippen LogP contribution in [-0.2, 0) is 15.8 Å². The average Bonchev–Trinajstić information content (AvgIpc) is 2.37. The van der Waals surface area contributed by atoms with Gasteiger partial charge in [0.1, 0.15) is 0 Å². The van der Waals surface area contributed by atoms with Crippen LogP contribution in [0.5, 0.6) is 0 Å². The minimum Gasteiger partial charge on any atom is -0.334 e. The fourth-order valence-corrected chi connectivity index (χ4v) is 1.73. The van der Waals surface area contributed by atoms with Gasteiger partial charge in [-0.15, -0.1) is 0 Å². The Hall–Kier alpha value is -2.05. The first-order valence-electron chi connectivity index (χ1n) is 6.46. The first-order chi connectivity index (χ1) is 9.74. The fourth-order valence-electron chi connectivity index (χ4n) is 1.73. The Bertz CT molecular complexity index is 498. The molecule has 0 aliphatic carbocycles. The molecular formula is C14H17F3N2O2. The van der Waals surface area contributed by atoms with Crippen molar-refractivity contribution in [2.24, 2.45) is 0 Å². The Morgan fingerprint density at radius 1 is 1.19 bits per heavy atom. The van der Waals surface area contributed by atoms with Gasteiger partial charge in [0, 0.05) is 19.2 Å². The molecule has 0 aliphatic heterocycles. The average molecular weight is 302 g/mol. The quantitative estimate of drug-likeness (QED) is 0.909. The van der Waals surface area contributed by atoms with E-state index in [-0.39, 0.29) is 18.1 Å². The molecule has 0 unspecified atom stereocenters. The Kier molecular flexibility index (Phi) is 5.75. The van der Waals surface area contributed by atoms with Gasteiger partial charge in [-0.2, -0.15) is 13.2 Å². The maximum atomic E-state index is 12.4. The van der Waals surface area contributed by atoms with Crippen LogP contribution in [0.15, 0.2) is 24.3 Å². The molecule has 0 saturated heterocycles. The third kappa shape index (κ3) is 5.45. The highest BCUT2D eigenvalue weighted by molar-refractivity contribution is 5.94. The van der Waals surface area contributed by atoms with Crippen molar-refractivity contribution >= 4 is 17.5 Å². The van der Waals surface area contributed by atoms with E-state index in [9.17, 15) is 22.8 Å². The summed E-state index contributed by atoms with van der Waals surface area (Å²) >= 11 is 0. The van der Waals surface area contributed by atoms with E-state index in [2.05, 4.69) is 5.32 Å². The lowest BCUT2D eigenvalue weighted by molar-refractivity contribution is -0.137. The maximum absolute atomic E-state index is 12.4. The van der Waals surface area contributed by atoms with Crippen LogP contribution in [0, 0.1) is 0 Å². The number of rotatable bonds is 5. The number of carbonyl (C=O) groups excluding carboxylic acids is 2. The number of alkyl halides is 3. The highest BCUT2D eigenvalue weighted by atomic mass is 19.4. The molecule has 1 aromatic carbocycles. The van der Waals surface area contributed by atoms with Crippen LogP contribution in [0.2, 0.25) is 0 Å². The van der Waals surface area contributed by atoms with E-state index in [1.54, 1.807) is 0 Å². The van der Waals surface area contributed by atoms with Crippen molar-refractivity contribution in [3.05, 3.63) is 29.8 Å². The summed E-state index contributed by atoms with van der Waals surface area (Å²) in [5.41, 5.74) is -0.523. The number of amides is 2. The maximum Gasteiger partial charge on any atom is 0.416 e. The zero-order valence-corrected chi connectivity index (χ0v) is 11.8. The summed E-state index contributed by atoms with van der Waals surface area (Å²) in [6.45, 7) is 3.57. The number of benzene rings is 1. The van der Waals surface area contributed by atoms with E-state index in [1.165, 1.54) is 24.0 Å². The first-order valence-corrected chi connectivity index (χ1v) is 6.46. The van der Waals surface area contributed by atoms with Crippen LogP contribution in [0.3, 0.4) is 0 Å². The predicted octanol–water partition coefficient (Wildman–Crippen LogP) is 2.90. The molecule has 0 bridgehead atoms. The summed E-state index contributed by atoms with van der Waals surface area (Å²) in [5, 5.41) is 2.46. The van der Waals surface area contributed by atoms with Crippen LogP contribution in [0.25, 0.3) is 0 Å².